The molecule has 2 aliphatic rings. The Hall–Kier alpha value is -2.92. The second kappa shape index (κ2) is 7.65. The Morgan fingerprint density at radius 3 is 2.52 bits per heavy atom. The molecule has 0 spiro atoms. The molecule has 2 N–H and O–H groups in total. The number of aromatic nitrogens is 2. The van der Waals surface area contributed by atoms with Crippen LogP contribution >= 0.6 is 0 Å². The maximum atomic E-state index is 13.2. The highest BCUT2D eigenvalue weighted by Gasteiger charge is 2.39. The van der Waals surface area contributed by atoms with Crippen molar-refractivity contribution >= 4 is 5.91 Å². The number of carbonyl (C=O) groups excluding carboxylic acids is 1. The summed E-state index contributed by atoms with van der Waals surface area (Å²) in [5.74, 6) is 0.0797. The zero-order chi connectivity index (χ0) is 21.7. The molecule has 0 unspecified atom stereocenters. The summed E-state index contributed by atoms with van der Waals surface area (Å²) in [6.07, 6.45) is 4.94. The molecule has 2 heterocycles. The van der Waals surface area contributed by atoms with E-state index in [1.807, 2.05) is 18.0 Å². The highest BCUT2D eigenvalue weighted by molar-refractivity contribution is 5.99. The Morgan fingerprint density at radius 1 is 1.10 bits per heavy atom. The van der Waals surface area contributed by atoms with E-state index < -0.39 is 6.10 Å². The van der Waals surface area contributed by atoms with Gasteiger partial charge in [-0.05, 0) is 85.9 Å². The van der Waals surface area contributed by atoms with E-state index in [2.05, 4.69) is 54.4 Å². The lowest BCUT2D eigenvalue weighted by molar-refractivity contribution is 0.0479. The topological polar surface area (TPSA) is 69.2 Å². The van der Waals surface area contributed by atoms with Crippen LogP contribution in [0.2, 0.25) is 0 Å². The van der Waals surface area contributed by atoms with Gasteiger partial charge in [0.2, 0.25) is 0 Å². The number of carbonyl (C=O) groups is 1. The predicted octanol–water partition coefficient (Wildman–Crippen LogP) is 4.46. The summed E-state index contributed by atoms with van der Waals surface area (Å²) in [7, 11) is 0. The van der Waals surface area contributed by atoms with Crippen LogP contribution < -0.4 is 0 Å². The van der Waals surface area contributed by atoms with Crippen molar-refractivity contribution in [1.82, 2.24) is 15.1 Å². The SMILES string of the molecule is Cc1[nH]ncc1-c1ccc(Cc2cc3c(c(C)c2C)CN([C@H]2CCC[C@@H]2O)C3=O)cc1. The number of H-pyrrole nitrogens is 1. The molecule has 5 heteroatoms. The molecule has 5 rings (SSSR count). The van der Waals surface area contributed by atoms with Gasteiger partial charge >= 0.3 is 0 Å². The van der Waals surface area contributed by atoms with Gasteiger partial charge in [-0.1, -0.05) is 24.3 Å². The normalized spacial score (nSPS) is 20.5. The number of aliphatic hydroxyl groups excluding tert-OH is 1. The number of aromatic amines is 1. The number of amides is 1. The van der Waals surface area contributed by atoms with Crippen LogP contribution in [0.5, 0.6) is 0 Å². The van der Waals surface area contributed by atoms with Crippen molar-refractivity contribution in [1.29, 1.82) is 0 Å². The van der Waals surface area contributed by atoms with E-state index in [0.29, 0.717) is 6.54 Å². The molecule has 1 amide bonds. The number of hydrogen-bond donors (Lipinski definition) is 2. The summed E-state index contributed by atoms with van der Waals surface area (Å²) in [4.78, 5) is 15.1. The van der Waals surface area contributed by atoms with Gasteiger partial charge in [0.25, 0.3) is 5.91 Å². The lowest BCUT2D eigenvalue weighted by Gasteiger charge is -2.26. The van der Waals surface area contributed by atoms with Gasteiger partial charge in [-0.2, -0.15) is 5.10 Å². The minimum atomic E-state index is -0.392. The third-order valence-corrected chi connectivity index (χ3v) is 7.29. The summed E-state index contributed by atoms with van der Waals surface area (Å²) in [5, 5.41) is 17.4. The maximum Gasteiger partial charge on any atom is 0.254 e. The molecular formula is C26H29N3O2. The number of nitrogens with zero attached hydrogens (tertiary/aromatic N) is 2. The summed E-state index contributed by atoms with van der Waals surface area (Å²) >= 11 is 0. The van der Waals surface area contributed by atoms with E-state index in [9.17, 15) is 9.90 Å². The number of fused-ring (bicyclic) bond motifs is 1. The monoisotopic (exact) mass is 415 g/mol. The average molecular weight is 416 g/mol. The fourth-order valence-electron chi connectivity index (χ4n) is 5.23. The number of aliphatic hydroxyl groups is 1. The first-order valence-electron chi connectivity index (χ1n) is 11.1. The molecule has 31 heavy (non-hydrogen) atoms. The number of rotatable bonds is 4. The molecule has 2 aromatic carbocycles. The molecular weight excluding hydrogens is 386 g/mol. The summed E-state index contributed by atoms with van der Waals surface area (Å²) < 4.78 is 0. The quantitative estimate of drug-likeness (QED) is 0.661. The molecule has 1 aliphatic carbocycles. The van der Waals surface area contributed by atoms with Crippen LogP contribution in [0, 0.1) is 20.8 Å². The Labute approximate surface area is 183 Å². The molecule has 3 aromatic rings. The van der Waals surface area contributed by atoms with Gasteiger partial charge in [0.15, 0.2) is 0 Å². The standard InChI is InChI=1S/C26H29N3O2/c1-15-16(2)23-14-29(24-5-4-6-25(24)30)26(31)21(23)12-20(15)11-18-7-9-19(10-8-18)22-13-27-28-17(22)3/h7-10,12-13,24-25,30H,4-6,11,14H2,1-3H3,(H,27,28)/t24-,25-/m0/s1. The van der Waals surface area contributed by atoms with Crippen molar-refractivity contribution in [2.24, 2.45) is 0 Å². The fraction of sp³-hybridized carbons (Fsp3) is 0.385. The molecule has 0 bridgehead atoms. The van der Waals surface area contributed by atoms with Crippen molar-refractivity contribution in [2.45, 2.75) is 65.1 Å². The van der Waals surface area contributed by atoms with Crippen LogP contribution in [-0.2, 0) is 13.0 Å². The highest BCUT2D eigenvalue weighted by Crippen LogP contribution is 2.36. The van der Waals surface area contributed by atoms with Crippen LogP contribution in [-0.4, -0.2) is 38.3 Å². The first-order chi connectivity index (χ1) is 14.9. The number of nitrogens with one attached hydrogen (secondary N) is 1. The smallest absolute Gasteiger partial charge is 0.254 e. The van der Waals surface area contributed by atoms with Gasteiger partial charge in [-0.25, -0.2) is 0 Å². The number of aryl methyl sites for hydroxylation is 1. The van der Waals surface area contributed by atoms with Crippen LogP contribution in [0.15, 0.2) is 36.5 Å². The van der Waals surface area contributed by atoms with Crippen molar-refractivity contribution < 1.29 is 9.90 Å². The van der Waals surface area contributed by atoms with Gasteiger partial charge in [0, 0.05) is 23.4 Å². The van der Waals surface area contributed by atoms with Crippen LogP contribution in [0.25, 0.3) is 11.1 Å². The van der Waals surface area contributed by atoms with Gasteiger partial charge in [0.1, 0.15) is 0 Å². The summed E-state index contributed by atoms with van der Waals surface area (Å²) in [6.45, 7) is 6.94. The predicted molar refractivity (Wildman–Crippen MR) is 121 cm³/mol. The first-order valence-corrected chi connectivity index (χ1v) is 11.1. The third-order valence-electron chi connectivity index (χ3n) is 7.29. The molecule has 1 saturated carbocycles. The Kier molecular flexibility index (Phi) is 4.94. The van der Waals surface area contributed by atoms with Crippen molar-refractivity contribution in [3.8, 4) is 11.1 Å². The minimum absolute atomic E-state index is 0.0398. The largest absolute Gasteiger partial charge is 0.391 e. The summed E-state index contributed by atoms with van der Waals surface area (Å²) in [6, 6.07) is 10.6. The van der Waals surface area contributed by atoms with Crippen molar-refractivity contribution in [3.05, 3.63) is 75.6 Å². The van der Waals surface area contributed by atoms with E-state index in [4.69, 9.17) is 0 Å². The maximum absolute atomic E-state index is 13.2. The zero-order valence-corrected chi connectivity index (χ0v) is 18.4. The van der Waals surface area contributed by atoms with E-state index in [-0.39, 0.29) is 11.9 Å². The number of benzene rings is 2. The van der Waals surface area contributed by atoms with Gasteiger partial charge in [-0.3, -0.25) is 9.89 Å². The Bertz CT molecular complexity index is 1150. The lowest BCUT2D eigenvalue weighted by atomic mass is 9.91. The van der Waals surface area contributed by atoms with Gasteiger partial charge in [-0.15, -0.1) is 0 Å². The Balaban J connectivity index is 1.42. The molecule has 2 atom stereocenters. The second-order valence-electron chi connectivity index (χ2n) is 9.09. The van der Waals surface area contributed by atoms with Gasteiger partial charge in [0.05, 0.1) is 18.3 Å². The summed E-state index contributed by atoms with van der Waals surface area (Å²) in [5.41, 5.74) is 10.2. The van der Waals surface area contributed by atoms with Crippen LogP contribution in [0.1, 0.15) is 63.1 Å². The molecule has 5 nitrogen and oxygen atoms in total. The van der Waals surface area contributed by atoms with Crippen molar-refractivity contribution in [3.63, 3.8) is 0 Å². The molecule has 0 radical (unpaired) electrons. The molecule has 1 fully saturated rings. The minimum Gasteiger partial charge on any atom is -0.391 e. The van der Waals surface area contributed by atoms with E-state index in [1.165, 1.54) is 22.3 Å². The van der Waals surface area contributed by atoms with Gasteiger partial charge < -0.3 is 10.0 Å². The van der Waals surface area contributed by atoms with Crippen LogP contribution in [0.4, 0.5) is 0 Å². The Morgan fingerprint density at radius 2 is 1.87 bits per heavy atom. The zero-order valence-electron chi connectivity index (χ0n) is 18.4. The molecule has 1 aliphatic heterocycles. The van der Waals surface area contributed by atoms with Crippen molar-refractivity contribution in [2.75, 3.05) is 0 Å². The van der Waals surface area contributed by atoms with E-state index in [1.54, 1.807) is 0 Å². The third kappa shape index (κ3) is 3.37. The lowest BCUT2D eigenvalue weighted by Crippen LogP contribution is -2.40. The van der Waals surface area contributed by atoms with E-state index >= 15 is 0 Å². The highest BCUT2D eigenvalue weighted by atomic mass is 16.3. The molecule has 1 aromatic heterocycles. The number of hydrogen-bond acceptors (Lipinski definition) is 3. The molecule has 160 valence electrons. The van der Waals surface area contributed by atoms with E-state index in [0.717, 1.165) is 53.6 Å². The second-order valence-corrected chi connectivity index (χ2v) is 9.09. The molecule has 0 saturated heterocycles. The van der Waals surface area contributed by atoms with Crippen LogP contribution in [0.3, 0.4) is 0 Å². The average Bonchev–Trinajstić information content (AvgIpc) is 3.46. The fourth-order valence-corrected chi connectivity index (χ4v) is 5.23. The first kappa shape index (κ1) is 20.0.